The molecule has 3 aromatic heterocycles. The van der Waals surface area contributed by atoms with E-state index in [2.05, 4.69) is 25.6 Å². The summed E-state index contributed by atoms with van der Waals surface area (Å²) < 4.78 is 38.9. The van der Waals surface area contributed by atoms with E-state index in [4.69, 9.17) is 14.6 Å². The third kappa shape index (κ3) is 5.20. The van der Waals surface area contributed by atoms with Crippen LogP contribution in [0.15, 0.2) is 42.6 Å². The summed E-state index contributed by atoms with van der Waals surface area (Å²) >= 11 is 0. The number of benzene rings is 1. The van der Waals surface area contributed by atoms with Gasteiger partial charge in [0.25, 0.3) is 0 Å². The molecule has 3 N–H and O–H groups in total. The third-order valence-electron chi connectivity index (χ3n) is 5.47. The van der Waals surface area contributed by atoms with Gasteiger partial charge in [-0.1, -0.05) is 6.07 Å². The molecule has 10 nitrogen and oxygen atoms in total. The number of carboxylic acid groups (broad SMARTS) is 1. The first-order chi connectivity index (χ1) is 17.1. The normalized spacial score (nSPS) is 13.6. The van der Waals surface area contributed by atoms with E-state index in [9.17, 15) is 18.3 Å². The van der Waals surface area contributed by atoms with Crippen molar-refractivity contribution >= 4 is 17.0 Å². The molecule has 4 heterocycles. The fourth-order valence-electron chi connectivity index (χ4n) is 3.50. The lowest BCUT2D eigenvalue weighted by atomic mass is 9.98. The number of halogens is 3. The first kappa shape index (κ1) is 24.9. The number of ether oxygens (including phenoxy) is 1. The van der Waals surface area contributed by atoms with E-state index in [-0.39, 0.29) is 5.75 Å². The van der Waals surface area contributed by atoms with E-state index >= 15 is 0 Å². The average molecular weight is 502 g/mol. The summed E-state index contributed by atoms with van der Waals surface area (Å²) in [6.07, 6.45) is -3.25. The van der Waals surface area contributed by atoms with Gasteiger partial charge in [0, 0.05) is 43.2 Å². The topological polar surface area (TPSA) is 135 Å². The second-order valence-corrected chi connectivity index (χ2v) is 7.98. The van der Waals surface area contributed by atoms with Crippen molar-refractivity contribution < 1.29 is 32.9 Å². The zero-order valence-electron chi connectivity index (χ0n) is 19.1. The Bertz CT molecular complexity index is 1400. The third-order valence-corrected chi connectivity index (χ3v) is 5.47. The van der Waals surface area contributed by atoms with Gasteiger partial charge in [-0.15, -0.1) is 0 Å². The van der Waals surface area contributed by atoms with Crippen molar-refractivity contribution in [3.8, 4) is 34.0 Å². The number of rotatable bonds is 4. The molecule has 0 unspecified atom stereocenters. The molecule has 1 saturated heterocycles. The number of aliphatic carboxylic acids is 1. The number of hydrogen-bond acceptors (Lipinski definition) is 8. The lowest BCUT2D eigenvalue weighted by Gasteiger charge is -2.25. The molecule has 0 radical (unpaired) electrons. The monoisotopic (exact) mass is 502 g/mol. The van der Waals surface area contributed by atoms with Crippen molar-refractivity contribution in [3.63, 3.8) is 0 Å². The van der Waals surface area contributed by atoms with Gasteiger partial charge in [-0.2, -0.15) is 28.5 Å². The molecule has 188 valence electrons. The number of aryl methyl sites for hydroxylation is 1. The van der Waals surface area contributed by atoms with Gasteiger partial charge in [-0.25, -0.2) is 9.78 Å². The average Bonchev–Trinajstić information content (AvgIpc) is 3.18. The van der Waals surface area contributed by atoms with Gasteiger partial charge in [-0.05, 0) is 24.3 Å². The van der Waals surface area contributed by atoms with Gasteiger partial charge in [0.2, 0.25) is 0 Å². The Hall–Kier alpha value is -4.26. The van der Waals surface area contributed by atoms with Crippen molar-refractivity contribution in [2.75, 3.05) is 20.2 Å². The zero-order chi connectivity index (χ0) is 26.0. The lowest BCUT2D eigenvalue weighted by molar-refractivity contribution is -0.192. The summed E-state index contributed by atoms with van der Waals surface area (Å²) in [6, 6.07) is 11.1. The first-order valence-electron chi connectivity index (χ1n) is 10.6. The summed E-state index contributed by atoms with van der Waals surface area (Å²) in [4.78, 5) is 13.6. The second kappa shape index (κ2) is 9.77. The SMILES string of the molecule is COc1cc(-c2ccc(-c3ccc(C4CNC4)nn3)c(O)c2)nc2cn(C)nc12.O=C(O)C(F)(F)F. The Morgan fingerprint density at radius 2 is 1.86 bits per heavy atom. The minimum atomic E-state index is -5.08. The van der Waals surface area contributed by atoms with E-state index in [0.717, 1.165) is 29.9 Å². The van der Waals surface area contributed by atoms with Gasteiger partial charge in [0.05, 0.1) is 30.4 Å². The van der Waals surface area contributed by atoms with Crippen LogP contribution in [-0.4, -0.2) is 67.5 Å². The van der Waals surface area contributed by atoms with Crippen LogP contribution in [-0.2, 0) is 11.8 Å². The number of aromatic nitrogens is 5. The number of phenolic OH excluding ortho intramolecular Hbond substituents is 1. The molecular formula is C23H21F3N6O4. The van der Waals surface area contributed by atoms with E-state index < -0.39 is 12.1 Å². The fourth-order valence-corrected chi connectivity index (χ4v) is 3.50. The number of carbonyl (C=O) groups is 1. The standard InChI is InChI=1S/C21H20N6O2.C2HF3O2/c1-27-11-18-21(26-27)20(29-2)8-17(23-18)12-3-4-14(19(28)7-12)16-6-5-15(24-25-16)13-9-22-10-13;3-2(4,5)1(6)7/h3-8,11,13,22,28H,9-10H2,1-2H3;(H,6,7). The predicted molar refractivity (Wildman–Crippen MR) is 122 cm³/mol. The molecule has 1 fully saturated rings. The van der Waals surface area contributed by atoms with E-state index in [1.165, 1.54) is 0 Å². The predicted octanol–water partition coefficient (Wildman–Crippen LogP) is 3.13. The van der Waals surface area contributed by atoms with Crippen molar-refractivity contribution in [2.45, 2.75) is 12.1 Å². The molecule has 0 aliphatic carbocycles. The largest absolute Gasteiger partial charge is 0.507 e. The van der Waals surface area contributed by atoms with Crippen LogP contribution in [0.2, 0.25) is 0 Å². The van der Waals surface area contributed by atoms with Crippen molar-refractivity contribution in [3.05, 3.63) is 48.3 Å². The summed E-state index contributed by atoms with van der Waals surface area (Å²) in [6.45, 7) is 1.87. The molecule has 0 atom stereocenters. The molecule has 4 aromatic rings. The smallest absolute Gasteiger partial charge is 0.490 e. The van der Waals surface area contributed by atoms with Crippen LogP contribution < -0.4 is 10.1 Å². The number of nitrogens with zero attached hydrogens (tertiary/aromatic N) is 5. The molecule has 0 saturated carbocycles. The summed E-state index contributed by atoms with van der Waals surface area (Å²) in [7, 11) is 3.45. The fraction of sp³-hybridized carbons (Fsp3) is 0.261. The minimum Gasteiger partial charge on any atom is -0.507 e. The van der Waals surface area contributed by atoms with Gasteiger partial charge in [-0.3, -0.25) is 4.68 Å². The molecule has 1 aliphatic rings. The van der Waals surface area contributed by atoms with Gasteiger partial charge in [0.1, 0.15) is 11.3 Å². The number of alkyl halides is 3. The zero-order valence-corrected chi connectivity index (χ0v) is 19.1. The highest BCUT2D eigenvalue weighted by Crippen LogP contribution is 2.34. The quantitative estimate of drug-likeness (QED) is 0.385. The molecule has 0 amide bonds. The second-order valence-electron chi connectivity index (χ2n) is 7.98. The number of pyridine rings is 1. The maximum atomic E-state index is 10.6. The molecule has 36 heavy (non-hydrogen) atoms. The molecule has 0 bridgehead atoms. The van der Waals surface area contributed by atoms with Crippen LogP contribution in [0.4, 0.5) is 13.2 Å². The lowest BCUT2D eigenvalue weighted by Crippen LogP contribution is -2.40. The number of hydrogen-bond donors (Lipinski definition) is 3. The summed E-state index contributed by atoms with van der Waals surface area (Å²) in [5.74, 6) is -1.56. The number of phenols is 1. The van der Waals surface area contributed by atoms with Crippen LogP contribution in [0, 0.1) is 0 Å². The van der Waals surface area contributed by atoms with Crippen LogP contribution in [0.1, 0.15) is 11.6 Å². The minimum absolute atomic E-state index is 0.127. The van der Waals surface area contributed by atoms with Gasteiger partial charge in [0.15, 0.2) is 11.3 Å². The maximum absolute atomic E-state index is 10.6. The summed E-state index contributed by atoms with van der Waals surface area (Å²) in [5, 5.41) is 34.0. The Balaban J connectivity index is 0.000000384. The Morgan fingerprint density at radius 3 is 2.39 bits per heavy atom. The van der Waals surface area contributed by atoms with Crippen LogP contribution in [0.3, 0.4) is 0 Å². The number of fused-ring (bicyclic) bond motifs is 1. The van der Waals surface area contributed by atoms with Crippen molar-refractivity contribution in [2.24, 2.45) is 7.05 Å². The van der Waals surface area contributed by atoms with Gasteiger partial charge >= 0.3 is 12.1 Å². The van der Waals surface area contributed by atoms with E-state index in [1.54, 1.807) is 17.9 Å². The molecular weight excluding hydrogens is 481 g/mol. The number of nitrogens with one attached hydrogen (secondary N) is 1. The summed E-state index contributed by atoms with van der Waals surface area (Å²) in [5.41, 5.74) is 5.16. The van der Waals surface area contributed by atoms with Crippen LogP contribution in [0.25, 0.3) is 33.5 Å². The molecule has 1 aromatic carbocycles. The Labute approximate surface area is 202 Å². The van der Waals surface area contributed by atoms with E-state index in [1.807, 2.05) is 43.6 Å². The Kier molecular flexibility index (Phi) is 6.75. The number of aromatic hydroxyl groups is 1. The van der Waals surface area contributed by atoms with E-state index in [0.29, 0.717) is 34.1 Å². The first-order valence-corrected chi connectivity index (χ1v) is 10.6. The van der Waals surface area contributed by atoms with Gasteiger partial charge < -0.3 is 20.3 Å². The maximum Gasteiger partial charge on any atom is 0.490 e. The number of methoxy groups -OCH3 is 1. The Morgan fingerprint density at radius 1 is 1.14 bits per heavy atom. The highest BCUT2D eigenvalue weighted by molar-refractivity contribution is 5.85. The van der Waals surface area contributed by atoms with Crippen LogP contribution >= 0.6 is 0 Å². The van der Waals surface area contributed by atoms with Crippen molar-refractivity contribution in [1.82, 2.24) is 30.3 Å². The molecule has 1 aliphatic heterocycles. The highest BCUT2D eigenvalue weighted by atomic mass is 19.4. The highest BCUT2D eigenvalue weighted by Gasteiger charge is 2.38. The molecule has 0 spiro atoms. The molecule has 13 heteroatoms. The van der Waals surface area contributed by atoms with Crippen LogP contribution in [0.5, 0.6) is 11.5 Å². The number of carboxylic acids is 1. The van der Waals surface area contributed by atoms with Crippen molar-refractivity contribution in [1.29, 1.82) is 0 Å². The molecule has 5 rings (SSSR count).